The fourth-order valence-corrected chi connectivity index (χ4v) is 0.960. The van der Waals surface area contributed by atoms with E-state index in [0.717, 1.165) is 10.6 Å². The quantitative estimate of drug-likeness (QED) is 0.643. The van der Waals surface area contributed by atoms with Gasteiger partial charge < -0.3 is 4.74 Å². The number of hydrogen-bond donors (Lipinski definition) is 1. The molecule has 0 unspecified atom stereocenters. The molecule has 1 aromatic carbocycles. The third-order valence-corrected chi connectivity index (χ3v) is 1.53. The minimum absolute atomic E-state index is 0.692. The van der Waals surface area contributed by atoms with Gasteiger partial charge in [0.05, 0.1) is 6.61 Å². The van der Waals surface area contributed by atoms with Crippen LogP contribution in [-0.4, -0.2) is 6.61 Å². The van der Waals surface area contributed by atoms with E-state index in [1.54, 1.807) is 0 Å². The third-order valence-electron chi connectivity index (χ3n) is 1.17. The Kier molecular flexibility index (Phi) is 2.63. The molecule has 0 fully saturated rings. The Morgan fingerprint density at radius 2 is 2.10 bits per heavy atom. The zero-order valence-corrected chi connectivity index (χ0v) is 6.77. The molecule has 1 nitrogen and oxygen atoms in total. The molecule has 0 atom stereocenters. The fourth-order valence-electron chi connectivity index (χ4n) is 0.735. The van der Waals surface area contributed by atoms with Gasteiger partial charge in [-0.05, 0) is 19.1 Å². The van der Waals surface area contributed by atoms with Gasteiger partial charge in [0.25, 0.3) is 0 Å². The van der Waals surface area contributed by atoms with Crippen molar-refractivity contribution in [3.63, 3.8) is 0 Å². The number of benzene rings is 1. The second-order valence-corrected chi connectivity index (χ2v) is 2.38. The van der Waals surface area contributed by atoms with Crippen LogP contribution < -0.4 is 4.74 Å². The Morgan fingerprint density at radius 3 is 2.70 bits per heavy atom. The van der Waals surface area contributed by atoms with Crippen LogP contribution in [0, 0.1) is 0 Å². The maximum Gasteiger partial charge on any atom is 0.132 e. The lowest BCUT2D eigenvalue weighted by atomic mass is 10.3. The lowest BCUT2D eigenvalue weighted by Crippen LogP contribution is -1.91. The second kappa shape index (κ2) is 3.52. The average Bonchev–Trinajstić information content (AvgIpc) is 1.94. The topological polar surface area (TPSA) is 9.23 Å². The summed E-state index contributed by atoms with van der Waals surface area (Å²) in [6.07, 6.45) is 0. The van der Waals surface area contributed by atoms with Gasteiger partial charge in [-0.15, -0.1) is 12.6 Å². The van der Waals surface area contributed by atoms with Crippen molar-refractivity contribution in [1.29, 1.82) is 0 Å². The van der Waals surface area contributed by atoms with Crippen LogP contribution in [0.25, 0.3) is 0 Å². The first-order valence-electron chi connectivity index (χ1n) is 3.25. The first-order chi connectivity index (χ1) is 4.84. The van der Waals surface area contributed by atoms with E-state index in [9.17, 15) is 0 Å². The normalized spacial score (nSPS) is 9.40. The van der Waals surface area contributed by atoms with Crippen LogP contribution in [0.5, 0.6) is 5.75 Å². The highest BCUT2D eigenvalue weighted by Gasteiger charge is 1.94. The van der Waals surface area contributed by atoms with Crippen LogP contribution in [0.3, 0.4) is 0 Å². The summed E-state index contributed by atoms with van der Waals surface area (Å²) in [4.78, 5) is 0.893. The molecule has 0 N–H and O–H groups in total. The van der Waals surface area contributed by atoms with E-state index in [2.05, 4.69) is 12.6 Å². The van der Waals surface area contributed by atoms with E-state index in [-0.39, 0.29) is 0 Å². The molecule has 0 aromatic heterocycles. The first kappa shape index (κ1) is 7.48. The molecule has 54 valence electrons. The third kappa shape index (κ3) is 1.67. The van der Waals surface area contributed by atoms with E-state index < -0.39 is 0 Å². The van der Waals surface area contributed by atoms with Crippen LogP contribution in [0.4, 0.5) is 0 Å². The van der Waals surface area contributed by atoms with Gasteiger partial charge in [-0.1, -0.05) is 12.1 Å². The molecule has 0 spiro atoms. The molecular weight excluding hydrogens is 144 g/mol. The van der Waals surface area contributed by atoms with E-state index in [4.69, 9.17) is 4.74 Å². The van der Waals surface area contributed by atoms with Crippen molar-refractivity contribution in [2.24, 2.45) is 0 Å². The zero-order chi connectivity index (χ0) is 7.40. The summed E-state index contributed by atoms with van der Waals surface area (Å²) in [6, 6.07) is 7.69. The van der Waals surface area contributed by atoms with Crippen LogP contribution in [-0.2, 0) is 0 Å². The van der Waals surface area contributed by atoms with Gasteiger partial charge in [-0.3, -0.25) is 0 Å². The van der Waals surface area contributed by atoms with E-state index in [1.165, 1.54) is 0 Å². The SMILES string of the molecule is CCOc1ccccc1S. The first-order valence-corrected chi connectivity index (χ1v) is 3.70. The standard InChI is InChI=1S/C8H10OS/c1-2-9-7-5-3-4-6-8(7)10/h3-6,10H,2H2,1H3. The summed E-state index contributed by atoms with van der Waals surface area (Å²) in [5.74, 6) is 0.855. The highest BCUT2D eigenvalue weighted by Crippen LogP contribution is 2.20. The Labute approximate surface area is 66.4 Å². The Hall–Kier alpha value is -0.630. The molecule has 0 radical (unpaired) electrons. The molecule has 0 aliphatic heterocycles. The van der Waals surface area contributed by atoms with Gasteiger partial charge >= 0.3 is 0 Å². The second-order valence-electron chi connectivity index (χ2n) is 1.90. The molecule has 1 aromatic rings. The summed E-state index contributed by atoms with van der Waals surface area (Å²) in [6.45, 7) is 2.65. The largest absolute Gasteiger partial charge is 0.493 e. The van der Waals surface area contributed by atoms with Crippen LogP contribution in [0.15, 0.2) is 29.2 Å². The highest BCUT2D eigenvalue weighted by atomic mass is 32.1. The molecule has 10 heavy (non-hydrogen) atoms. The monoisotopic (exact) mass is 154 g/mol. The maximum atomic E-state index is 5.26. The van der Waals surface area contributed by atoms with Crippen molar-refractivity contribution >= 4 is 12.6 Å². The van der Waals surface area contributed by atoms with Crippen LogP contribution in [0.2, 0.25) is 0 Å². The summed E-state index contributed by atoms with van der Waals surface area (Å²) in [5.41, 5.74) is 0. The smallest absolute Gasteiger partial charge is 0.132 e. The molecular formula is C8H10OS. The molecule has 0 aliphatic carbocycles. The molecule has 0 saturated heterocycles. The number of thiol groups is 1. The molecule has 0 saturated carbocycles. The number of hydrogen-bond acceptors (Lipinski definition) is 2. The molecule has 0 amide bonds. The minimum atomic E-state index is 0.692. The summed E-state index contributed by atoms with van der Waals surface area (Å²) >= 11 is 4.21. The average molecular weight is 154 g/mol. The Morgan fingerprint density at radius 1 is 1.40 bits per heavy atom. The highest BCUT2D eigenvalue weighted by molar-refractivity contribution is 7.80. The molecule has 0 bridgehead atoms. The van der Waals surface area contributed by atoms with Crippen molar-refractivity contribution in [3.8, 4) is 5.75 Å². The van der Waals surface area contributed by atoms with Gasteiger partial charge in [0.1, 0.15) is 5.75 Å². The lowest BCUT2D eigenvalue weighted by molar-refractivity contribution is 0.332. The van der Waals surface area contributed by atoms with Crippen LogP contribution >= 0.6 is 12.6 Å². The van der Waals surface area contributed by atoms with Crippen molar-refractivity contribution in [1.82, 2.24) is 0 Å². The summed E-state index contributed by atoms with van der Waals surface area (Å²) < 4.78 is 5.26. The predicted molar refractivity (Wildman–Crippen MR) is 44.9 cm³/mol. The van der Waals surface area contributed by atoms with Gasteiger partial charge in [0.2, 0.25) is 0 Å². The Bertz CT molecular complexity index is 210. The van der Waals surface area contributed by atoms with Gasteiger partial charge in [0, 0.05) is 4.90 Å². The van der Waals surface area contributed by atoms with Gasteiger partial charge in [0.15, 0.2) is 0 Å². The minimum Gasteiger partial charge on any atom is -0.493 e. The lowest BCUT2D eigenvalue weighted by Gasteiger charge is -2.03. The molecule has 0 aliphatic rings. The maximum absolute atomic E-state index is 5.26. The molecule has 0 heterocycles. The fraction of sp³-hybridized carbons (Fsp3) is 0.250. The van der Waals surface area contributed by atoms with Crippen molar-refractivity contribution in [3.05, 3.63) is 24.3 Å². The zero-order valence-electron chi connectivity index (χ0n) is 5.87. The summed E-state index contributed by atoms with van der Waals surface area (Å²) in [5, 5.41) is 0. The Balaban J connectivity index is 2.81. The summed E-state index contributed by atoms with van der Waals surface area (Å²) in [7, 11) is 0. The van der Waals surface area contributed by atoms with Crippen molar-refractivity contribution in [2.45, 2.75) is 11.8 Å². The van der Waals surface area contributed by atoms with Gasteiger partial charge in [-0.2, -0.15) is 0 Å². The molecule has 2 heteroatoms. The number of para-hydroxylation sites is 1. The van der Waals surface area contributed by atoms with Gasteiger partial charge in [-0.25, -0.2) is 0 Å². The van der Waals surface area contributed by atoms with Crippen molar-refractivity contribution in [2.75, 3.05) is 6.61 Å². The number of rotatable bonds is 2. The number of ether oxygens (including phenoxy) is 1. The van der Waals surface area contributed by atoms with Crippen LogP contribution in [0.1, 0.15) is 6.92 Å². The van der Waals surface area contributed by atoms with Crippen molar-refractivity contribution < 1.29 is 4.74 Å². The molecule has 1 rings (SSSR count). The van der Waals surface area contributed by atoms with E-state index >= 15 is 0 Å². The van der Waals surface area contributed by atoms with E-state index in [0.29, 0.717) is 6.61 Å². The van der Waals surface area contributed by atoms with E-state index in [1.807, 2.05) is 31.2 Å². The predicted octanol–water partition coefficient (Wildman–Crippen LogP) is 2.37.